The number of ether oxygens (including phenoxy) is 1. The van der Waals surface area contributed by atoms with Gasteiger partial charge in [0, 0.05) is 36.4 Å². The molecule has 0 spiro atoms. The molecule has 1 heterocycles. The quantitative estimate of drug-likeness (QED) is 0.127. The first kappa shape index (κ1) is 26.9. The minimum absolute atomic E-state index is 0.0421. The molecule has 0 atom stereocenters. The zero-order chi connectivity index (χ0) is 25.7. The van der Waals surface area contributed by atoms with Crippen molar-refractivity contribution in [2.75, 3.05) is 11.9 Å². The Morgan fingerprint density at radius 3 is 2.21 bits per heavy atom. The number of hydrogen-bond donors (Lipinski definition) is 1. The molecule has 1 aliphatic heterocycles. The molecular weight excluding hydrogens is 468 g/mol. The molecule has 0 bridgehead atoms. The number of esters is 1. The summed E-state index contributed by atoms with van der Waals surface area (Å²) in [4.78, 5) is 59.6. The van der Waals surface area contributed by atoms with Crippen LogP contribution in [0.1, 0.15) is 56.8 Å². The number of nitrogens with one attached hydrogen (secondary N) is 1. The lowest BCUT2D eigenvalue weighted by molar-refractivity contribution is -0.148. The standard InChI is InChI=1S/C22H26N2O9S/c1-22(2,3)33-21(29)20(28)15-9-8-14(13-16(15)34(30,31)32)23-17(25)7-5-4-6-12-24-18(26)10-11-19(24)27/h8-11,13H,4-7,12H2,1-3H3,(H,23,25)(H,30,31,32)/p-1. The van der Waals surface area contributed by atoms with E-state index in [1.54, 1.807) is 0 Å². The molecule has 0 unspecified atom stereocenters. The van der Waals surface area contributed by atoms with Gasteiger partial charge in [-0.05, 0) is 51.8 Å². The SMILES string of the molecule is CC(C)(C)OC(=O)C(=O)c1ccc(NC(=O)CCCCCN2C(=O)C=CC2=O)cc1S(=O)(=O)[O-]. The average molecular weight is 494 g/mol. The number of carbonyl (C=O) groups is 5. The van der Waals surface area contributed by atoms with Gasteiger partial charge >= 0.3 is 5.97 Å². The second-order valence-electron chi connectivity index (χ2n) is 8.52. The smallest absolute Gasteiger partial charge is 0.380 e. The number of rotatable bonds is 10. The topological polar surface area (TPSA) is 167 Å². The minimum atomic E-state index is -5.15. The number of unbranched alkanes of at least 4 members (excludes halogenated alkanes) is 2. The van der Waals surface area contributed by atoms with Crippen molar-refractivity contribution in [2.24, 2.45) is 0 Å². The normalized spacial score (nSPS) is 13.8. The van der Waals surface area contributed by atoms with E-state index in [1.807, 2.05) is 0 Å². The van der Waals surface area contributed by atoms with Crippen LogP contribution in [0.2, 0.25) is 0 Å². The van der Waals surface area contributed by atoms with Crippen molar-refractivity contribution < 1.29 is 41.7 Å². The van der Waals surface area contributed by atoms with Crippen molar-refractivity contribution >= 4 is 45.3 Å². The van der Waals surface area contributed by atoms with Crippen LogP contribution < -0.4 is 5.32 Å². The van der Waals surface area contributed by atoms with Gasteiger partial charge in [0.15, 0.2) is 0 Å². The predicted molar refractivity (Wildman–Crippen MR) is 118 cm³/mol. The van der Waals surface area contributed by atoms with Gasteiger partial charge in [-0.25, -0.2) is 13.2 Å². The summed E-state index contributed by atoms with van der Waals surface area (Å²) in [6, 6.07) is 2.97. The van der Waals surface area contributed by atoms with E-state index in [0.717, 1.165) is 17.0 Å². The van der Waals surface area contributed by atoms with Crippen LogP contribution in [0.5, 0.6) is 0 Å². The maximum Gasteiger partial charge on any atom is 0.380 e. The Bertz CT molecular complexity index is 1130. The molecule has 184 valence electrons. The largest absolute Gasteiger partial charge is 0.744 e. The summed E-state index contributed by atoms with van der Waals surface area (Å²) in [5.41, 5.74) is -1.70. The van der Waals surface area contributed by atoms with Crippen LogP contribution in [-0.2, 0) is 34.0 Å². The van der Waals surface area contributed by atoms with Crippen LogP contribution in [0.4, 0.5) is 5.69 Å². The Labute approximate surface area is 196 Å². The molecule has 11 nitrogen and oxygen atoms in total. The number of Topliss-reactive ketones (excluding diaryl/α,β-unsaturated/α-hetero) is 1. The van der Waals surface area contributed by atoms with Crippen molar-refractivity contribution in [3.8, 4) is 0 Å². The number of anilines is 1. The fraction of sp³-hybridized carbons (Fsp3) is 0.409. The third-order valence-electron chi connectivity index (χ3n) is 4.55. The summed E-state index contributed by atoms with van der Waals surface area (Å²) in [6.45, 7) is 4.80. The molecule has 1 aliphatic rings. The lowest BCUT2D eigenvalue weighted by Gasteiger charge is -2.20. The highest BCUT2D eigenvalue weighted by molar-refractivity contribution is 7.85. The average Bonchev–Trinajstić information content (AvgIpc) is 3.03. The molecule has 0 saturated heterocycles. The fourth-order valence-corrected chi connectivity index (χ4v) is 3.74. The maximum absolute atomic E-state index is 12.3. The molecule has 1 aromatic rings. The highest BCUT2D eigenvalue weighted by Crippen LogP contribution is 2.23. The van der Waals surface area contributed by atoms with Gasteiger partial charge in [0.05, 0.1) is 4.90 Å². The fourth-order valence-electron chi connectivity index (χ4n) is 3.04. The van der Waals surface area contributed by atoms with Crippen LogP contribution in [-0.4, -0.2) is 59.5 Å². The summed E-state index contributed by atoms with van der Waals surface area (Å²) in [7, 11) is -5.15. The van der Waals surface area contributed by atoms with Gasteiger partial charge in [0.2, 0.25) is 5.91 Å². The molecule has 0 fully saturated rings. The maximum atomic E-state index is 12.3. The van der Waals surface area contributed by atoms with E-state index in [9.17, 15) is 36.9 Å². The van der Waals surface area contributed by atoms with E-state index in [1.165, 1.54) is 39.0 Å². The lowest BCUT2D eigenvalue weighted by Crippen LogP contribution is -2.30. The van der Waals surface area contributed by atoms with E-state index in [4.69, 9.17) is 4.74 Å². The van der Waals surface area contributed by atoms with Gasteiger partial charge in [-0.2, -0.15) is 0 Å². The highest BCUT2D eigenvalue weighted by atomic mass is 32.2. The van der Waals surface area contributed by atoms with Gasteiger partial charge in [-0.15, -0.1) is 0 Å². The molecule has 3 amide bonds. The van der Waals surface area contributed by atoms with Gasteiger partial charge in [-0.1, -0.05) is 6.42 Å². The third-order valence-corrected chi connectivity index (χ3v) is 5.43. The number of imide groups is 1. The van der Waals surface area contributed by atoms with E-state index in [-0.39, 0.29) is 30.5 Å². The van der Waals surface area contributed by atoms with Crippen LogP contribution in [0.15, 0.2) is 35.2 Å². The molecule has 34 heavy (non-hydrogen) atoms. The summed E-state index contributed by atoms with van der Waals surface area (Å²) < 4.78 is 39.9. The van der Waals surface area contributed by atoms with Crippen molar-refractivity contribution in [1.29, 1.82) is 0 Å². The highest BCUT2D eigenvalue weighted by Gasteiger charge is 2.28. The molecule has 1 aromatic carbocycles. The van der Waals surface area contributed by atoms with Gasteiger partial charge < -0.3 is 14.6 Å². The Kier molecular flexibility index (Phi) is 8.46. The van der Waals surface area contributed by atoms with Crippen LogP contribution in [0.25, 0.3) is 0 Å². The number of carbonyl (C=O) groups excluding carboxylic acids is 5. The molecular formula is C22H25N2O9S-. The summed E-state index contributed by atoms with van der Waals surface area (Å²) >= 11 is 0. The van der Waals surface area contributed by atoms with Crippen molar-refractivity contribution in [3.63, 3.8) is 0 Å². The Hall–Kier alpha value is -3.38. The first-order valence-electron chi connectivity index (χ1n) is 10.4. The second-order valence-corrected chi connectivity index (χ2v) is 9.86. The van der Waals surface area contributed by atoms with Gasteiger partial charge in [0.25, 0.3) is 17.6 Å². The number of nitrogens with zero attached hydrogens (tertiary/aromatic N) is 1. The zero-order valence-electron chi connectivity index (χ0n) is 19.0. The summed E-state index contributed by atoms with van der Waals surface area (Å²) in [5.74, 6) is -3.84. The molecule has 0 aromatic heterocycles. The van der Waals surface area contributed by atoms with Crippen molar-refractivity contribution in [3.05, 3.63) is 35.9 Å². The molecule has 2 rings (SSSR count). The predicted octanol–water partition coefficient (Wildman–Crippen LogP) is 1.54. The van der Waals surface area contributed by atoms with Gasteiger partial charge in [0.1, 0.15) is 15.7 Å². The molecule has 12 heteroatoms. The van der Waals surface area contributed by atoms with E-state index < -0.39 is 43.8 Å². The van der Waals surface area contributed by atoms with Crippen molar-refractivity contribution in [2.45, 2.75) is 57.0 Å². The number of amides is 3. The molecule has 0 saturated carbocycles. The first-order valence-corrected chi connectivity index (χ1v) is 11.8. The number of hydrogen-bond acceptors (Lipinski definition) is 9. The Balaban J connectivity index is 1.97. The van der Waals surface area contributed by atoms with E-state index in [0.29, 0.717) is 19.3 Å². The monoisotopic (exact) mass is 493 g/mol. The zero-order valence-corrected chi connectivity index (χ0v) is 19.8. The molecule has 0 aliphatic carbocycles. The van der Waals surface area contributed by atoms with Crippen LogP contribution in [0, 0.1) is 0 Å². The van der Waals surface area contributed by atoms with Crippen LogP contribution in [0.3, 0.4) is 0 Å². The van der Waals surface area contributed by atoms with E-state index in [2.05, 4.69) is 5.32 Å². The van der Waals surface area contributed by atoms with Crippen molar-refractivity contribution in [1.82, 2.24) is 4.90 Å². The summed E-state index contributed by atoms with van der Waals surface area (Å²) in [5, 5.41) is 2.44. The van der Waals surface area contributed by atoms with Crippen LogP contribution >= 0.6 is 0 Å². The molecule has 0 radical (unpaired) electrons. The minimum Gasteiger partial charge on any atom is -0.744 e. The first-order chi connectivity index (χ1) is 15.7. The summed E-state index contributed by atoms with van der Waals surface area (Å²) in [6.07, 6.45) is 3.92. The Morgan fingerprint density at radius 1 is 1.03 bits per heavy atom. The number of benzene rings is 1. The lowest BCUT2D eigenvalue weighted by atomic mass is 10.1. The third kappa shape index (κ3) is 7.59. The van der Waals surface area contributed by atoms with E-state index >= 15 is 0 Å². The number of ketones is 1. The molecule has 1 N–H and O–H groups in total. The Morgan fingerprint density at radius 2 is 1.65 bits per heavy atom. The van der Waals surface area contributed by atoms with Gasteiger partial charge in [-0.3, -0.25) is 24.1 Å². The second kappa shape index (κ2) is 10.7.